The van der Waals surface area contributed by atoms with E-state index in [-0.39, 0.29) is 18.7 Å². The highest BCUT2D eigenvalue weighted by Gasteiger charge is 2.27. The first-order valence-electron chi connectivity index (χ1n) is 8.20. The van der Waals surface area contributed by atoms with Gasteiger partial charge >= 0.3 is 0 Å². The first-order valence-corrected chi connectivity index (χ1v) is 9.68. The van der Waals surface area contributed by atoms with Gasteiger partial charge in [0.1, 0.15) is 5.56 Å². The molecule has 0 amide bonds. The molecule has 0 spiro atoms. The van der Waals surface area contributed by atoms with Crippen molar-refractivity contribution in [2.75, 3.05) is 37.4 Å². The van der Waals surface area contributed by atoms with E-state index in [1.54, 1.807) is 12.3 Å². The molecule has 0 aliphatic heterocycles. The SMILES string of the molecule is Cc1c([N+](=O)[O-])cc(S(=O)(=O)NCCNc2cc(N(C)C)cnn2)cc1[N+](=O)[O-]. The summed E-state index contributed by atoms with van der Waals surface area (Å²) in [5, 5.41) is 32.8. The van der Waals surface area contributed by atoms with Crippen LogP contribution in [0.3, 0.4) is 0 Å². The van der Waals surface area contributed by atoms with Crippen molar-refractivity contribution in [3.05, 3.63) is 50.2 Å². The van der Waals surface area contributed by atoms with Crippen molar-refractivity contribution in [3.8, 4) is 0 Å². The summed E-state index contributed by atoms with van der Waals surface area (Å²) in [7, 11) is -0.552. The van der Waals surface area contributed by atoms with Crippen LogP contribution >= 0.6 is 0 Å². The number of benzene rings is 1. The molecule has 0 atom stereocenters. The summed E-state index contributed by atoms with van der Waals surface area (Å²) in [5.74, 6) is 0.428. The van der Waals surface area contributed by atoms with E-state index in [1.165, 1.54) is 6.92 Å². The third-order valence-electron chi connectivity index (χ3n) is 3.91. The van der Waals surface area contributed by atoms with Gasteiger partial charge in [-0.15, -0.1) is 5.10 Å². The molecule has 13 nitrogen and oxygen atoms in total. The molecule has 29 heavy (non-hydrogen) atoms. The van der Waals surface area contributed by atoms with Gasteiger partial charge in [0, 0.05) is 45.4 Å². The minimum Gasteiger partial charge on any atom is -0.376 e. The highest BCUT2D eigenvalue weighted by molar-refractivity contribution is 7.89. The lowest BCUT2D eigenvalue weighted by molar-refractivity contribution is -0.395. The van der Waals surface area contributed by atoms with Crippen LogP contribution in [0.4, 0.5) is 22.9 Å². The zero-order valence-electron chi connectivity index (χ0n) is 15.8. The number of hydrogen-bond acceptors (Lipinski definition) is 10. The van der Waals surface area contributed by atoms with Crippen molar-refractivity contribution in [2.45, 2.75) is 11.8 Å². The predicted molar refractivity (Wildman–Crippen MR) is 105 cm³/mol. The topological polar surface area (TPSA) is 174 Å². The maximum atomic E-state index is 12.4. The molecule has 156 valence electrons. The van der Waals surface area contributed by atoms with Crippen LogP contribution in [0.2, 0.25) is 0 Å². The number of nitrogens with one attached hydrogen (secondary N) is 2. The smallest absolute Gasteiger partial charge is 0.280 e. The maximum Gasteiger partial charge on any atom is 0.280 e. The van der Waals surface area contributed by atoms with Crippen molar-refractivity contribution in [2.24, 2.45) is 0 Å². The summed E-state index contributed by atoms with van der Waals surface area (Å²) >= 11 is 0. The van der Waals surface area contributed by atoms with Crippen LogP contribution in [0, 0.1) is 27.2 Å². The average molecular weight is 425 g/mol. The van der Waals surface area contributed by atoms with Gasteiger partial charge in [0.25, 0.3) is 11.4 Å². The molecular formula is C15H19N7O6S. The van der Waals surface area contributed by atoms with E-state index in [4.69, 9.17) is 0 Å². The van der Waals surface area contributed by atoms with E-state index in [2.05, 4.69) is 20.2 Å². The molecule has 0 radical (unpaired) electrons. The Morgan fingerprint density at radius 3 is 2.17 bits per heavy atom. The number of nitro groups is 2. The fourth-order valence-corrected chi connectivity index (χ4v) is 3.41. The van der Waals surface area contributed by atoms with Gasteiger partial charge < -0.3 is 10.2 Å². The minimum absolute atomic E-state index is 0.0916. The van der Waals surface area contributed by atoms with Gasteiger partial charge in [0.15, 0.2) is 5.82 Å². The lowest BCUT2D eigenvalue weighted by Gasteiger charge is -2.13. The molecule has 0 fully saturated rings. The van der Waals surface area contributed by atoms with E-state index < -0.39 is 36.1 Å². The molecule has 14 heteroatoms. The molecular weight excluding hydrogens is 406 g/mol. The fraction of sp³-hybridized carbons (Fsp3) is 0.333. The zero-order valence-corrected chi connectivity index (χ0v) is 16.6. The van der Waals surface area contributed by atoms with E-state index in [0.29, 0.717) is 5.82 Å². The van der Waals surface area contributed by atoms with Gasteiger partial charge in [-0.3, -0.25) is 20.2 Å². The molecule has 0 bridgehead atoms. The summed E-state index contributed by atoms with van der Waals surface area (Å²) in [4.78, 5) is 21.8. The summed E-state index contributed by atoms with van der Waals surface area (Å²) in [6.45, 7) is 1.24. The molecule has 2 aromatic rings. The molecule has 0 aliphatic rings. The van der Waals surface area contributed by atoms with Gasteiger partial charge in [0.2, 0.25) is 10.0 Å². The Morgan fingerprint density at radius 1 is 1.07 bits per heavy atom. The number of aromatic nitrogens is 2. The van der Waals surface area contributed by atoms with Crippen LogP contribution in [-0.2, 0) is 10.0 Å². The van der Waals surface area contributed by atoms with Gasteiger partial charge in [-0.2, -0.15) is 5.10 Å². The molecule has 0 saturated heterocycles. The second-order valence-electron chi connectivity index (χ2n) is 6.12. The van der Waals surface area contributed by atoms with Crippen LogP contribution in [0.25, 0.3) is 0 Å². The molecule has 1 aromatic heterocycles. The fourth-order valence-electron chi connectivity index (χ4n) is 2.34. The Balaban J connectivity index is 2.12. The van der Waals surface area contributed by atoms with E-state index in [1.807, 2.05) is 19.0 Å². The normalized spacial score (nSPS) is 11.1. The van der Waals surface area contributed by atoms with Crippen LogP contribution in [0.1, 0.15) is 5.56 Å². The van der Waals surface area contributed by atoms with Crippen LogP contribution in [0.15, 0.2) is 29.3 Å². The minimum atomic E-state index is -4.21. The lowest BCUT2D eigenvalue weighted by atomic mass is 10.1. The first-order chi connectivity index (χ1) is 13.5. The number of nitrogens with zero attached hydrogens (tertiary/aromatic N) is 5. The van der Waals surface area contributed by atoms with Crippen molar-refractivity contribution in [1.82, 2.24) is 14.9 Å². The van der Waals surface area contributed by atoms with Gasteiger partial charge in [-0.1, -0.05) is 0 Å². The number of hydrogen-bond donors (Lipinski definition) is 2. The van der Waals surface area contributed by atoms with E-state index >= 15 is 0 Å². The van der Waals surface area contributed by atoms with Gasteiger partial charge in [-0.05, 0) is 6.92 Å². The molecule has 1 heterocycles. The third kappa shape index (κ3) is 5.32. The molecule has 2 N–H and O–H groups in total. The van der Waals surface area contributed by atoms with Crippen molar-refractivity contribution >= 4 is 32.9 Å². The van der Waals surface area contributed by atoms with Crippen molar-refractivity contribution in [3.63, 3.8) is 0 Å². The molecule has 1 aromatic carbocycles. The monoisotopic (exact) mass is 425 g/mol. The molecule has 0 unspecified atom stereocenters. The Labute approximate surface area is 166 Å². The Hall–Kier alpha value is -3.39. The van der Waals surface area contributed by atoms with Gasteiger partial charge in [-0.25, -0.2) is 13.1 Å². The standard InChI is InChI=1S/C15H19N7O6S/c1-10-13(21(23)24)7-12(8-14(10)22(25)26)29(27,28)18-5-4-16-15-6-11(20(2)3)9-17-19-15/h6-9,18H,4-5H2,1-3H3,(H,16,19). The molecule has 2 rings (SSSR count). The van der Waals surface area contributed by atoms with Gasteiger partial charge in [0.05, 0.1) is 26.6 Å². The first kappa shape index (κ1) is 21.9. The van der Waals surface area contributed by atoms with E-state index in [0.717, 1.165) is 17.8 Å². The summed E-state index contributed by atoms with van der Waals surface area (Å²) < 4.78 is 27.1. The zero-order chi connectivity index (χ0) is 21.8. The van der Waals surface area contributed by atoms with Crippen molar-refractivity contribution < 1.29 is 18.3 Å². The number of anilines is 2. The largest absolute Gasteiger partial charge is 0.376 e. The van der Waals surface area contributed by atoms with Crippen LogP contribution < -0.4 is 14.9 Å². The number of nitro benzene ring substituents is 2. The van der Waals surface area contributed by atoms with Crippen molar-refractivity contribution in [1.29, 1.82) is 0 Å². The Kier molecular flexibility index (Phi) is 6.60. The second-order valence-corrected chi connectivity index (χ2v) is 7.89. The molecule has 0 aliphatic carbocycles. The summed E-state index contributed by atoms with van der Waals surface area (Å²) in [5.41, 5.74) is -0.718. The Morgan fingerprint density at radius 2 is 1.66 bits per heavy atom. The highest BCUT2D eigenvalue weighted by Crippen LogP contribution is 2.31. The number of rotatable bonds is 9. The number of sulfonamides is 1. The summed E-state index contributed by atoms with van der Waals surface area (Å²) in [6, 6.07) is 3.31. The third-order valence-corrected chi connectivity index (χ3v) is 5.35. The predicted octanol–water partition coefficient (Wildman–Crippen LogP) is 1.06. The maximum absolute atomic E-state index is 12.4. The highest BCUT2D eigenvalue weighted by atomic mass is 32.2. The summed E-state index contributed by atoms with van der Waals surface area (Å²) in [6.07, 6.45) is 1.56. The average Bonchev–Trinajstić information content (AvgIpc) is 2.65. The Bertz CT molecular complexity index is 1010. The quantitative estimate of drug-likeness (QED) is 0.336. The van der Waals surface area contributed by atoms with E-state index in [9.17, 15) is 28.6 Å². The van der Waals surface area contributed by atoms with Crippen LogP contribution in [-0.4, -0.2) is 55.6 Å². The lowest BCUT2D eigenvalue weighted by Crippen LogP contribution is -2.29. The van der Waals surface area contributed by atoms with Crippen LogP contribution in [0.5, 0.6) is 0 Å². The second kappa shape index (κ2) is 8.74. The molecule has 0 saturated carbocycles.